The summed E-state index contributed by atoms with van der Waals surface area (Å²) in [4.78, 5) is 9.63. The minimum Gasteiger partial charge on any atom is -0.311 e. The van der Waals surface area contributed by atoms with Gasteiger partial charge in [-0.15, -0.1) is 0 Å². The topological polar surface area (TPSA) is 13.0 Å². The summed E-state index contributed by atoms with van der Waals surface area (Å²) in [6.07, 6.45) is 0. The van der Waals surface area contributed by atoms with Crippen LogP contribution in [0.25, 0.3) is 144 Å². The average Bonchev–Trinajstić information content (AvgIpc) is 0.708. The number of benzene rings is 22. The Labute approximate surface area is 810 Å². The van der Waals surface area contributed by atoms with E-state index in [-0.39, 0.29) is 0 Å². The molecule has 2 aliphatic rings. The van der Waals surface area contributed by atoms with Crippen LogP contribution in [0.15, 0.2) is 522 Å². The van der Waals surface area contributed by atoms with Crippen molar-refractivity contribution in [1.82, 2.24) is 0 Å². The molecule has 0 fully saturated rings. The molecular weight excluding hydrogens is 1700 g/mol. The summed E-state index contributed by atoms with van der Waals surface area (Å²) in [5, 5.41) is 11.1. The molecule has 0 spiro atoms. The Morgan fingerprint density at radius 3 is 0.725 bits per heavy atom. The van der Waals surface area contributed by atoms with Crippen LogP contribution in [0.4, 0.5) is 68.2 Å². The first-order valence-electron chi connectivity index (χ1n) is 47.9. The Balaban J connectivity index is 0.495. The molecule has 24 rings (SSSR count). The maximum absolute atomic E-state index is 2.55. The van der Waals surface area contributed by atoms with E-state index in [0.29, 0.717) is 0 Å². The maximum atomic E-state index is 2.55. The Morgan fingerprint density at radius 1 is 0.130 bits per heavy atom. The van der Waals surface area contributed by atoms with E-state index >= 15 is 0 Å². The molecule has 138 heavy (non-hydrogen) atoms. The number of hydrogen-bond donors (Lipinski definition) is 0. The van der Waals surface area contributed by atoms with Gasteiger partial charge in [-0.25, -0.2) is 0 Å². The van der Waals surface area contributed by atoms with E-state index in [4.69, 9.17) is 0 Å². The molecule has 0 saturated carbocycles. The molecule has 22 aromatic carbocycles. The molecule has 0 aromatic heterocycles. The number of fused-ring (bicyclic) bond motifs is 4. The van der Waals surface area contributed by atoms with Crippen molar-refractivity contribution in [3.05, 3.63) is 522 Å². The highest BCUT2D eigenvalue weighted by Gasteiger charge is 2.39. The van der Waals surface area contributed by atoms with Gasteiger partial charge in [0.2, 0.25) is 0 Å². The quantitative estimate of drug-likeness (QED) is 0.0665. The van der Waals surface area contributed by atoms with Crippen LogP contribution in [0.2, 0.25) is 26.2 Å². The van der Waals surface area contributed by atoms with Gasteiger partial charge >= 0.3 is 0 Å². The van der Waals surface area contributed by atoms with Crippen LogP contribution >= 0.6 is 0 Å². The van der Waals surface area contributed by atoms with Crippen LogP contribution in [0, 0.1) is 0 Å². The van der Waals surface area contributed by atoms with Crippen molar-refractivity contribution in [3.8, 4) is 122 Å². The molecule has 0 N–H and O–H groups in total. The highest BCUT2D eigenvalue weighted by molar-refractivity contribution is 7.04. The third-order valence-corrected chi connectivity index (χ3v) is 35.7. The van der Waals surface area contributed by atoms with Crippen molar-refractivity contribution in [2.24, 2.45) is 0 Å². The molecule has 2 aliphatic heterocycles. The molecule has 0 saturated heterocycles. The van der Waals surface area contributed by atoms with Gasteiger partial charge in [0.15, 0.2) is 0 Å². The van der Waals surface area contributed by atoms with E-state index in [2.05, 4.69) is 567 Å². The van der Waals surface area contributed by atoms with Gasteiger partial charge in [-0.05, 0) is 311 Å². The van der Waals surface area contributed by atoms with Gasteiger partial charge in [0.1, 0.15) is 16.1 Å². The maximum Gasteiger partial charge on any atom is 0.113 e. The molecule has 0 aliphatic carbocycles. The third-order valence-electron chi connectivity index (χ3n) is 28.7. The van der Waals surface area contributed by atoms with Gasteiger partial charge in [-0.2, -0.15) is 0 Å². The number of rotatable bonds is 21. The third kappa shape index (κ3) is 15.5. The Kier molecular flexibility index (Phi) is 21.6. The zero-order valence-electron chi connectivity index (χ0n) is 77.4. The van der Waals surface area contributed by atoms with Crippen LogP contribution in [-0.4, -0.2) is 16.1 Å². The molecule has 0 amide bonds. The molecule has 654 valence electrons. The van der Waals surface area contributed by atoms with Crippen molar-refractivity contribution >= 4 is 127 Å². The Hall–Kier alpha value is -17.0. The van der Waals surface area contributed by atoms with Crippen molar-refractivity contribution in [2.75, 3.05) is 19.6 Å². The number of hydrogen-bond acceptors (Lipinski definition) is 4. The second-order valence-corrected chi connectivity index (χ2v) is 46.2. The first kappa shape index (κ1) is 84.0. The highest BCUT2D eigenvalue weighted by Crippen LogP contribution is 2.49. The number of nitrogens with zero attached hydrogens (tertiary/aromatic N) is 4. The monoisotopic (exact) mass is 1790 g/mol. The Morgan fingerprint density at radius 2 is 0.355 bits per heavy atom. The zero-order chi connectivity index (χ0) is 92.4. The van der Waals surface area contributed by atoms with Crippen LogP contribution in [0.1, 0.15) is 0 Å². The predicted molar refractivity (Wildman–Crippen MR) is 593 cm³/mol. The number of para-hydroxylation sites is 2. The van der Waals surface area contributed by atoms with E-state index in [1.165, 1.54) is 131 Å². The minimum absolute atomic E-state index is 1.08. The first-order valence-corrected chi connectivity index (χ1v) is 53.9. The SMILES string of the molecule is C[Si]1(C)c2cc(-c3ccc(N(c4ccccc4)c4ccc(-c5ccccc5)cc4)cc3)ccc2-c2ccc(-c3ccc(N(c4ccccc4)c4ccc(-c5cccc(-c6cccc(-c7ccc(N(c8ccc(-c9ccccc9)cc8)c8ccc9c(c8)[Si](C)(C)c8cccc%10c(N(c%11ccc(-c%12ccccc%12)cc%11)c%11ccc(-c%12ccccc%12)cc%11)ccc-9c8%10)cc7)c6)c5)cc4)cc3)c3cccc1c23. The molecule has 0 bridgehead atoms. The second-order valence-electron chi connectivity index (χ2n) is 37.5. The summed E-state index contributed by atoms with van der Waals surface area (Å²) >= 11 is 0. The van der Waals surface area contributed by atoms with Gasteiger partial charge in [-0.1, -0.05) is 396 Å². The van der Waals surface area contributed by atoms with Crippen molar-refractivity contribution in [3.63, 3.8) is 0 Å². The molecule has 0 radical (unpaired) electrons. The zero-order valence-corrected chi connectivity index (χ0v) is 79.4. The van der Waals surface area contributed by atoms with Crippen LogP contribution in [-0.2, 0) is 0 Å². The lowest BCUT2D eigenvalue weighted by Gasteiger charge is -2.36. The largest absolute Gasteiger partial charge is 0.311 e. The molecule has 4 nitrogen and oxygen atoms in total. The summed E-state index contributed by atoms with van der Waals surface area (Å²) in [5.74, 6) is 0. The van der Waals surface area contributed by atoms with Crippen molar-refractivity contribution in [1.29, 1.82) is 0 Å². The van der Waals surface area contributed by atoms with Gasteiger partial charge < -0.3 is 19.6 Å². The van der Waals surface area contributed by atoms with E-state index in [1.54, 1.807) is 0 Å². The van der Waals surface area contributed by atoms with Crippen LogP contribution in [0.3, 0.4) is 0 Å². The summed E-state index contributed by atoms with van der Waals surface area (Å²) in [6, 6.07) is 193. The lowest BCUT2D eigenvalue weighted by atomic mass is 9.90. The van der Waals surface area contributed by atoms with E-state index in [9.17, 15) is 0 Å². The van der Waals surface area contributed by atoms with Crippen molar-refractivity contribution in [2.45, 2.75) is 26.2 Å². The first-order chi connectivity index (χ1) is 67.9. The van der Waals surface area contributed by atoms with Gasteiger partial charge in [0.25, 0.3) is 0 Å². The molecule has 6 heteroatoms. The van der Waals surface area contributed by atoms with E-state index in [1.807, 2.05) is 0 Å². The van der Waals surface area contributed by atoms with E-state index in [0.717, 1.165) is 102 Å². The normalized spacial score (nSPS) is 12.5. The molecule has 22 aromatic rings. The Bertz CT molecular complexity index is 8190. The fourth-order valence-corrected chi connectivity index (χ4v) is 27.7. The van der Waals surface area contributed by atoms with Crippen LogP contribution in [0.5, 0.6) is 0 Å². The molecular formula is C132H98N4Si2. The average molecular weight is 1800 g/mol. The highest BCUT2D eigenvalue weighted by atomic mass is 28.3. The standard InChI is InChI=1S/C132H98N4Si2/c1-137(2)127-45-25-43-122-119(83-84-123(131(122)127)120-81-63-107(89-129(120)137)101-59-70-112(71-60-101)133(108-39-19-9-20-40-108)110-64-47-95(48-65-110)91-27-11-5-12-28-91)102-61-78-113(79-62-102)134(109-41-21-10-22-42-109)111-68-55-99(56-69-111)103-35-23-37-105(87-103)106-38-24-36-104(88-106)100-57-72-115(73-58-100)135(114-66-49-96(50-67-114)92-29-13-6-14-30-92)118-80-82-121-124-85-86-126(125-44-26-46-128(132(124)125)138(3,4)130(121)90-118)136(116-74-51-97(52-75-116)93-31-15-7-16-32-93)117-76-53-98(54-77-117)94-33-17-8-18-34-94/h5-90H,1-4H3. The van der Waals surface area contributed by atoms with E-state index < -0.39 is 16.1 Å². The minimum atomic E-state index is -2.43. The summed E-state index contributed by atoms with van der Waals surface area (Å²) in [7, 11) is -4.66. The fraction of sp³-hybridized carbons (Fsp3) is 0.0303. The molecule has 0 atom stereocenters. The summed E-state index contributed by atoms with van der Waals surface area (Å²) in [6.45, 7) is 10.2. The fourth-order valence-electron chi connectivity index (χ4n) is 21.5. The molecule has 0 unspecified atom stereocenters. The van der Waals surface area contributed by atoms with Gasteiger partial charge in [0.05, 0.1) is 5.69 Å². The summed E-state index contributed by atoms with van der Waals surface area (Å²) < 4.78 is 0. The number of anilines is 12. The van der Waals surface area contributed by atoms with Gasteiger partial charge in [0, 0.05) is 67.9 Å². The van der Waals surface area contributed by atoms with Crippen molar-refractivity contribution < 1.29 is 0 Å². The second kappa shape index (κ2) is 35.4. The smallest absolute Gasteiger partial charge is 0.113 e. The van der Waals surface area contributed by atoms with Gasteiger partial charge in [-0.3, -0.25) is 0 Å². The summed E-state index contributed by atoms with van der Waals surface area (Å²) in [5.41, 5.74) is 39.9. The van der Waals surface area contributed by atoms with Crippen LogP contribution < -0.4 is 40.3 Å². The predicted octanol–water partition coefficient (Wildman–Crippen LogP) is 34.5. The lowest BCUT2D eigenvalue weighted by molar-refractivity contribution is 1.28. The lowest BCUT2D eigenvalue weighted by Crippen LogP contribution is -2.56. The molecule has 2 heterocycles.